The van der Waals surface area contributed by atoms with Gasteiger partial charge in [-0.3, -0.25) is 14.9 Å². The van der Waals surface area contributed by atoms with E-state index >= 15 is 0 Å². The second kappa shape index (κ2) is 7.11. The average Bonchev–Trinajstić information content (AvgIpc) is 2.21. The number of pyridine rings is 1. The van der Waals surface area contributed by atoms with Gasteiger partial charge < -0.3 is 5.41 Å². The van der Waals surface area contributed by atoms with Crippen molar-refractivity contribution in [2.75, 3.05) is 0 Å². The zero-order valence-electron chi connectivity index (χ0n) is 8.01. The lowest BCUT2D eigenvalue weighted by Crippen LogP contribution is -2.07. The van der Waals surface area contributed by atoms with Gasteiger partial charge in [-0.2, -0.15) is 5.87 Å². The van der Waals surface area contributed by atoms with E-state index in [1.807, 2.05) is 30.6 Å². The second-order valence-electron chi connectivity index (χ2n) is 2.35. The minimum absolute atomic E-state index is 0.817. The van der Waals surface area contributed by atoms with Gasteiger partial charge in [0.15, 0.2) is 12.4 Å². The Morgan fingerprint density at radius 3 is 2.00 bits per heavy atom. The number of nitrogens with zero attached hydrogens (tertiary/aromatic N) is 2. The number of nitrogens with one attached hydrogen (secondary N) is 1. The van der Waals surface area contributed by atoms with Crippen LogP contribution in [0.25, 0.3) is 5.41 Å². The number of Topliss-reactive ketones (excluding diaryl/α,β-unsaturated/α-hetero) is 1. The van der Waals surface area contributed by atoms with Gasteiger partial charge in [0.2, 0.25) is 5.78 Å². The predicted molar refractivity (Wildman–Crippen MR) is 52.6 cm³/mol. The number of hydrogen-bond acceptors (Lipinski definition) is 3. The highest BCUT2D eigenvalue weighted by atomic mass is 16.6. The van der Waals surface area contributed by atoms with Crippen molar-refractivity contribution in [1.82, 2.24) is 0 Å². The van der Waals surface area contributed by atoms with Gasteiger partial charge in [0, 0.05) is 19.1 Å². The summed E-state index contributed by atoms with van der Waals surface area (Å²) in [6.07, 6.45) is 3.75. The molecular weight excluding hydrogens is 198 g/mol. The summed E-state index contributed by atoms with van der Waals surface area (Å²) in [5.74, 6) is 0.352. The molecular formula is C9H9N3O3. The van der Waals surface area contributed by atoms with E-state index in [1.54, 1.807) is 0 Å². The van der Waals surface area contributed by atoms with Crippen molar-refractivity contribution < 1.29 is 14.7 Å². The highest BCUT2D eigenvalue weighted by molar-refractivity contribution is 5.99. The topological polar surface area (TPSA) is 96.7 Å². The monoisotopic (exact) mass is 207 g/mol. The number of H-pyrrole nitrogens is 1. The second-order valence-corrected chi connectivity index (χ2v) is 2.35. The quantitative estimate of drug-likeness (QED) is 0.305. The Morgan fingerprint density at radius 1 is 1.40 bits per heavy atom. The number of allylic oxidation sites excluding steroid dienone is 1. The van der Waals surface area contributed by atoms with Crippen LogP contribution in [0.1, 0.15) is 6.92 Å². The van der Waals surface area contributed by atoms with Gasteiger partial charge in [-0.15, -0.1) is 0 Å². The smallest absolute Gasteiger partial charge is 0.331 e. The third-order valence-corrected chi connectivity index (χ3v) is 1.23. The van der Waals surface area contributed by atoms with Crippen LogP contribution < -0.4 is 4.98 Å². The normalized spacial score (nSPS) is 7.80. The molecule has 0 aliphatic rings. The van der Waals surface area contributed by atoms with Gasteiger partial charge in [0.1, 0.15) is 0 Å². The summed E-state index contributed by atoms with van der Waals surface area (Å²) < 4.78 is 0. The molecule has 0 fully saturated rings. The van der Waals surface area contributed by atoms with Gasteiger partial charge in [-0.25, -0.2) is 4.98 Å². The fraction of sp³-hybridized carbons (Fsp3) is 0.111. The van der Waals surface area contributed by atoms with Crippen LogP contribution in [-0.2, 0) is 4.79 Å². The SMILES string of the molecule is CC(=O)C(=C=[N-])[N+](=O)[O-].c1cc[nH+]cc1. The molecule has 0 aromatic carbocycles. The van der Waals surface area contributed by atoms with Gasteiger partial charge in [-0.1, -0.05) is 6.07 Å². The molecule has 6 nitrogen and oxygen atoms in total. The molecule has 1 rings (SSSR count). The van der Waals surface area contributed by atoms with E-state index in [4.69, 9.17) is 5.41 Å². The van der Waals surface area contributed by atoms with Crippen molar-refractivity contribution in [1.29, 1.82) is 0 Å². The first-order chi connectivity index (χ1) is 7.09. The Bertz CT molecular complexity index is 340. The molecule has 0 atom stereocenters. The molecule has 1 aromatic heterocycles. The molecule has 0 amide bonds. The number of aromatic nitrogens is 1. The summed E-state index contributed by atoms with van der Waals surface area (Å²) in [5, 5.41) is 17.6. The third kappa shape index (κ3) is 5.84. The number of rotatable bonds is 2. The lowest BCUT2D eigenvalue weighted by molar-refractivity contribution is -0.415. The molecule has 0 aliphatic carbocycles. The van der Waals surface area contributed by atoms with Crippen LogP contribution in [0.3, 0.4) is 0 Å². The van der Waals surface area contributed by atoms with Crippen molar-refractivity contribution in [3.63, 3.8) is 0 Å². The fourth-order valence-corrected chi connectivity index (χ4v) is 0.590. The van der Waals surface area contributed by atoms with E-state index in [1.165, 1.54) is 5.87 Å². The highest BCUT2D eigenvalue weighted by Gasteiger charge is 2.12. The molecule has 0 aliphatic heterocycles. The maximum Gasteiger partial charge on any atom is 0.331 e. The maximum absolute atomic E-state index is 10.1. The third-order valence-electron chi connectivity index (χ3n) is 1.23. The van der Waals surface area contributed by atoms with E-state index in [9.17, 15) is 14.9 Å². The number of hydrogen-bond donors (Lipinski definition) is 0. The molecule has 78 valence electrons. The highest BCUT2D eigenvalue weighted by Crippen LogP contribution is 1.89. The van der Waals surface area contributed by atoms with E-state index in [0.29, 0.717) is 0 Å². The van der Waals surface area contributed by atoms with Crippen LogP contribution in [-0.4, -0.2) is 16.6 Å². The zero-order valence-corrected chi connectivity index (χ0v) is 8.01. The molecule has 1 N–H and O–H groups in total. The summed E-state index contributed by atoms with van der Waals surface area (Å²) in [5.41, 5.74) is -0.921. The molecule has 0 saturated carbocycles. The lowest BCUT2D eigenvalue weighted by atomic mass is 10.4. The van der Waals surface area contributed by atoms with Gasteiger partial charge in [0.05, 0.1) is 4.92 Å². The largest absolute Gasteiger partial charge is 0.757 e. The number of carbonyl (C=O) groups is 1. The van der Waals surface area contributed by atoms with Crippen molar-refractivity contribution >= 4 is 11.7 Å². The summed E-state index contributed by atoms with van der Waals surface area (Å²) in [6.45, 7) is 0.974. The molecule has 1 aromatic rings. The maximum atomic E-state index is 10.1. The number of aromatic amines is 1. The van der Waals surface area contributed by atoms with Crippen LogP contribution >= 0.6 is 0 Å². The molecule has 0 unspecified atom stereocenters. The first-order valence-electron chi connectivity index (χ1n) is 3.93. The zero-order chi connectivity index (χ0) is 11.7. The van der Waals surface area contributed by atoms with Crippen molar-refractivity contribution in [2.24, 2.45) is 0 Å². The van der Waals surface area contributed by atoms with Crippen molar-refractivity contribution in [3.8, 4) is 0 Å². The van der Waals surface area contributed by atoms with Gasteiger partial charge in [-0.05, 0) is 0 Å². The summed E-state index contributed by atoms with van der Waals surface area (Å²) in [4.78, 5) is 21.7. The molecule has 15 heavy (non-hydrogen) atoms. The molecule has 0 radical (unpaired) electrons. The lowest BCUT2D eigenvalue weighted by Gasteiger charge is -1.87. The minimum atomic E-state index is -0.998. The average molecular weight is 207 g/mol. The molecule has 1 heterocycles. The predicted octanol–water partition coefficient (Wildman–Crippen LogP) is 0.476. The van der Waals surface area contributed by atoms with Gasteiger partial charge in [0.25, 0.3) is 0 Å². The van der Waals surface area contributed by atoms with E-state index in [0.717, 1.165) is 6.92 Å². The summed E-state index contributed by atoms with van der Waals surface area (Å²) in [6, 6.07) is 5.86. The van der Waals surface area contributed by atoms with Crippen LogP contribution in [0.5, 0.6) is 0 Å². The minimum Gasteiger partial charge on any atom is -0.757 e. The first-order valence-corrected chi connectivity index (χ1v) is 3.93. The summed E-state index contributed by atoms with van der Waals surface area (Å²) >= 11 is 0. The summed E-state index contributed by atoms with van der Waals surface area (Å²) in [7, 11) is 0. The number of nitro groups is 1. The number of carbonyl (C=O) groups excluding carboxylic acids is 1. The Hall–Kier alpha value is -2.33. The van der Waals surface area contributed by atoms with Crippen LogP contribution in [0.2, 0.25) is 0 Å². The Balaban J connectivity index is 0.000000280. The van der Waals surface area contributed by atoms with Crippen molar-refractivity contribution in [2.45, 2.75) is 6.92 Å². The van der Waals surface area contributed by atoms with Crippen LogP contribution in [0.4, 0.5) is 0 Å². The van der Waals surface area contributed by atoms with Gasteiger partial charge >= 0.3 is 5.70 Å². The van der Waals surface area contributed by atoms with Crippen LogP contribution in [0, 0.1) is 10.1 Å². The molecule has 0 saturated heterocycles. The first kappa shape index (κ1) is 12.7. The van der Waals surface area contributed by atoms with E-state index in [2.05, 4.69) is 4.98 Å². The van der Waals surface area contributed by atoms with E-state index < -0.39 is 16.4 Å². The molecule has 6 heteroatoms. The Labute approximate surface area is 85.9 Å². The number of ketones is 1. The van der Waals surface area contributed by atoms with Crippen molar-refractivity contribution in [3.05, 3.63) is 51.8 Å². The van der Waals surface area contributed by atoms with Crippen LogP contribution in [0.15, 0.2) is 36.3 Å². The fourth-order valence-electron chi connectivity index (χ4n) is 0.590. The Morgan fingerprint density at radius 2 is 1.93 bits per heavy atom. The van der Waals surface area contributed by atoms with E-state index in [-0.39, 0.29) is 0 Å². The standard InChI is InChI=1S/C5H5N.C4H3N2O3/c1-2-4-6-5-3-1;1-3(7)4(2-5)6(8)9/h1-5H;1H3/q;-1/p+1. The molecule has 0 spiro atoms. The molecule has 0 bridgehead atoms. The Kier molecular flexibility index (Phi) is 6.01.